The van der Waals surface area contributed by atoms with Crippen molar-refractivity contribution < 1.29 is 39.5 Å². The van der Waals surface area contributed by atoms with Gasteiger partial charge < -0.3 is 9.47 Å². The molecule has 20 heavy (non-hydrogen) atoms. The van der Waals surface area contributed by atoms with E-state index >= 15 is 0 Å². The van der Waals surface area contributed by atoms with E-state index in [4.69, 9.17) is 13.1 Å². The minimum absolute atomic E-state index is 0.143. The summed E-state index contributed by atoms with van der Waals surface area (Å²) in [6.45, 7) is 0.908. The number of cyclic esters (lactones) is 2. The summed E-state index contributed by atoms with van der Waals surface area (Å²) in [6, 6.07) is 0. The van der Waals surface area contributed by atoms with Gasteiger partial charge in [0.2, 0.25) is 0 Å². The Morgan fingerprint density at radius 2 is 2.10 bits per heavy atom. The lowest BCUT2D eigenvalue weighted by Gasteiger charge is -2.19. The average Bonchev–Trinajstić information content (AvgIpc) is 2.90. The SMILES string of the molecule is CCS(=O)(=O)OCC1CS(=O)(=O)OC1C1COC(=O)O1. The molecule has 2 rings (SSSR count). The van der Waals surface area contributed by atoms with Gasteiger partial charge in [0.05, 0.1) is 18.1 Å². The van der Waals surface area contributed by atoms with E-state index in [1.807, 2.05) is 0 Å². The molecule has 0 radical (unpaired) electrons. The molecule has 0 amide bonds. The molecule has 0 aliphatic carbocycles. The van der Waals surface area contributed by atoms with E-state index in [1.165, 1.54) is 6.92 Å². The molecule has 0 spiro atoms. The van der Waals surface area contributed by atoms with Gasteiger partial charge in [-0.2, -0.15) is 16.8 Å². The molecule has 2 heterocycles. The predicted octanol–water partition coefficient (Wildman–Crippen LogP) is -0.767. The molecule has 9 nitrogen and oxygen atoms in total. The van der Waals surface area contributed by atoms with Crippen LogP contribution in [0, 0.1) is 5.92 Å². The largest absolute Gasteiger partial charge is 0.508 e. The first-order valence-electron chi connectivity index (χ1n) is 5.84. The second-order valence-electron chi connectivity index (χ2n) is 4.39. The summed E-state index contributed by atoms with van der Waals surface area (Å²) in [5.41, 5.74) is 0. The highest BCUT2D eigenvalue weighted by Crippen LogP contribution is 2.29. The Labute approximate surface area is 116 Å². The molecule has 2 aliphatic rings. The Balaban J connectivity index is 2.06. The molecule has 0 bridgehead atoms. The topological polar surface area (TPSA) is 122 Å². The van der Waals surface area contributed by atoms with E-state index in [-0.39, 0.29) is 19.0 Å². The van der Waals surface area contributed by atoms with Crippen LogP contribution in [0.25, 0.3) is 0 Å². The van der Waals surface area contributed by atoms with Gasteiger partial charge in [0.1, 0.15) is 12.7 Å². The number of carbonyl (C=O) groups excluding carboxylic acids is 1. The van der Waals surface area contributed by atoms with Crippen LogP contribution in [-0.2, 0) is 38.1 Å². The van der Waals surface area contributed by atoms with Crippen molar-refractivity contribution >= 4 is 26.4 Å². The standard InChI is InChI=1S/C9H14O9S2/c1-2-19(11,12)16-3-6-5-20(13,14)18-8(6)7-4-15-9(10)17-7/h6-8H,2-5H2,1H3. The summed E-state index contributed by atoms with van der Waals surface area (Å²) in [5.74, 6) is -1.37. The van der Waals surface area contributed by atoms with Gasteiger partial charge in [-0.15, -0.1) is 0 Å². The third-order valence-electron chi connectivity index (χ3n) is 2.94. The molecule has 0 aromatic rings. The van der Waals surface area contributed by atoms with E-state index in [0.29, 0.717) is 0 Å². The van der Waals surface area contributed by atoms with Gasteiger partial charge in [-0.1, -0.05) is 0 Å². The van der Waals surface area contributed by atoms with Gasteiger partial charge >= 0.3 is 6.16 Å². The fraction of sp³-hybridized carbons (Fsp3) is 0.889. The fourth-order valence-corrected chi connectivity index (χ4v) is 3.99. The Morgan fingerprint density at radius 1 is 1.40 bits per heavy atom. The van der Waals surface area contributed by atoms with E-state index in [0.717, 1.165) is 0 Å². The van der Waals surface area contributed by atoms with Crippen molar-refractivity contribution in [3.8, 4) is 0 Å². The molecule has 0 saturated carbocycles. The zero-order valence-corrected chi connectivity index (χ0v) is 12.2. The van der Waals surface area contributed by atoms with Gasteiger partial charge in [0.25, 0.3) is 20.2 Å². The third-order valence-corrected chi connectivity index (χ3v) is 5.49. The Bertz CT molecular complexity index is 579. The smallest absolute Gasteiger partial charge is 0.430 e. The summed E-state index contributed by atoms with van der Waals surface area (Å²) < 4.78 is 64.4. The lowest BCUT2D eigenvalue weighted by molar-refractivity contribution is 0.0277. The van der Waals surface area contributed by atoms with Crippen molar-refractivity contribution in [1.29, 1.82) is 0 Å². The van der Waals surface area contributed by atoms with Crippen LogP contribution in [0.5, 0.6) is 0 Å². The maximum absolute atomic E-state index is 11.5. The lowest BCUT2D eigenvalue weighted by atomic mass is 10.0. The molecule has 0 aromatic heterocycles. The zero-order chi connectivity index (χ0) is 15.0. The second-order valence-corrected chi connectivity index (χ2v) is 7.96. The summed E-state index contributed by atoms with van der Waals surface area (Å²) in [5, 5.41) is 0. The van der Waals surface area contributed by atoms with Crippen LogP contribution in [0.15, 0.2) is 0 Å². The van der Waals surface area contributed by atoms with Crippen molar-refractivity contribution in [2.75, 3.05) is 24.7 Å². The molecular weight excluding hydrogens is 316 g/mol. The summed E-state index contributed by atoms with van der Waals surface area (Å²) >= 11 is 0. The number of hydrogen-bond donors (Lipinski definition) is 0. The van der Waals surface area contributed by atoms with Gasteiger partial charge in [0.15, 0.2) is 6.10 Å². The van der Waals surface area contributed by atoms with E-state index in [1.54, 1.807) is 0 Å². The first-order chi connectivity index (χ1) is 9.22. The van der Waals surface area contributed by atoms with E-state index < -0.39 is 50.3 Å². The fourth-order valence-electron chi connectivity index (χ4n) is 1.93. The Morgan fingerprint density at radius 3 is 2.65 bits per heavy atom. The number of hydrogen-bond acceptors (Lipinski definition) is 9. The molecule has 3 atom stereocenters. The first kappa shape index (κ1) is 15.5. The average molecular weight is 330 g/mol. The van der Waals surface area contributed by atoms with Crippen LogP contribution in [0.2, 0.25) is 0 Å². The van der Waals surface area contributed by atoms with Gasteiger partial charge in [-0.25, -0.2) is 4.79 Å². The van der Waals surface area contributed by atoms with Crippen LogP contribution in [0.4, 0.5) is 4.79 Å². The molecule has 0 aromatic carbocycles. The lowest BCUT2D eigenvalue weighted by Crippen LogP contribution is -2.36. The quantitative estimate of drug-likeness (QED) is 0.472. The van der Waals surface area contributed by atoms with Crippen LogP contribution in [-0.4, -0.2) is 59.9 Å². The summed E-state index contributed by atoms with van der Waals surface area (Å²) in [4.78, 5) is 10.9. The van der Waals surface area contributed by atoms with Crippen molar-refractivity contribution in [3.05, 3.63) is 0 Å². The van der Waals surface area contributed by atoms with Crippen LogP contribution >= 0.6 is 0 Å². The van der Waals surface area contributed by atoms with E-state index in [2.05, 4.69) is 4.74 Å². The van der Waals surface area contributed by atoms with Crippen molar-refractivity contribution in [1.82, 2.24) is 0 Å². The molecule has 11 heteroatoms. The monoisotopic (exact) mass is 330 g/mol. The highest BCUT2D eigenvalue weighted by molar-refractivity contribution is 7.87. The van der Waals surface area contributed by atoms with Gasteiger partial charge in [0, 0.05) is 5.92 Å². The third kappa shape index (κ3) is 3.59. The van der Waals surface area contributed by atoms with Crippen LogP contribution < -0.4 is 0 Å². The number of rotatable bonds is 5. The summed E-state index contributed by atoms with van der Waals surface area (Å²) in [7, 11) is -7.49. The van der Waals surface area contributed by atoms with Gasteiger partial charge in [-0.3, -0.25) is 8.37 Å². The highest BCUT2D eigenvalue weighted by Gasteiger charge is 2.48. The van der Waals surface area contributed by atoms with Crippen molar-refractivity contribution in [2.45, 2.75) is 19.1 Å². The number of ether oxygens (including phenoxy) is 2. The zero-order valence-electron chi connectivity index (χ0n) is 10.6. The molecule has 2 fully saturated rings. The Hall–Kier alpha value is -0.910. The van der Waals surface area contributed by atoms with Gasteiger partial charge in [-0.05, 0) is 6.92 Å². The molecule has 0 N–H and O–H groups in total. The van der Waals surface area contributed by atoms with E-state index in [9.17, 15) is 21.6 Å². The minimum atomic E-state index is -3.80. The Kier molecular flexibility index (Phi) is 4.23. The minimum Gasteiger partial charge on any atom is -0.430 e. The number of carbonyl (C=O) groups is 1. The maximum atomic E-state index is 11.5. The normalized spacial score (nSPS) is 32.9. The predicted molar refractivity (Wildman–Crippen MR) is 63.8 cm³/mol. The second kappa shape index (κ2) is 5.47. The molecule has 3 unspecified atom stereocenters. The first-order valence-corrected chi connectivity index (χ1v) is 8.99. The highest BCUT2D eigenvalue weighted by atomic mass is 32.2. The molecule has 2 aliphatic heterocycles. The van der Waals surface area contributed by atoms with Crippen molar-refractivity contribution in [3.63, 3.8) is 0 Å². The summed E-state index contributed by atoms with van der Waals surface area (Å²) in [6.07, 6.45) is -2.81. The molecule has 116 valence electrons. The maximum Gasteiger partial charge on any atom is 0.508 e. The van der Waals surface area contributed by atoms with Crippen LogP contribution in [0.3, 0.4) is 0 Å². The van der Waals surface area contributed by atoms with Crippen LogP contribution in [0.1, 0.15) is 6.92 Å². The molecular formula is C9H14O9S2. The molecule has 2 saturated heterocycles. The van der Waals surface area contributed by atoms with Crippen molar-refractivity contribution in [2.24, 2.45) is 5.92 Å².